The summed E-state index contributed by atoms with van der Waals surface area (Å²) in [5.41, 5.74) is 3.11. The van der Waals surface area contributed by atoms with Crippen molar-refractivity contribution >= 4 is 29.2 Å². The number of piperidine rings is 1. The molecule has 1 aromatic heterocycles. The number of nitrogens with one attached hydrogen (secondary N) is 1. The molecule has 13 heteroatoms. The van der Waals surface area contributed by atoms with Gasteiger partial charge in [-0.1, -0.05) is 16.8 Å². The third kappa shape index (κ3) is 6.60. The molecule has 1 atom stereocenters. The van der Waals surface area contributed by atoms with Crippen LogP contribution in [0.15, 0.2) is 24.4 Å². The van der Waals surface area contributed by atoms with Gasteiger partial charge in [0.05, 0.1) is 17.9 Å². The lowest BCUT2D eigenvalue weighted by molar-refractivity contribution is -0.192. The SMILES string of the molecule is CN(C)Cc1cn(C2CCN(C(=O)C3Cc4cc(Cl)ccc4N3)CC2)nn1.O=C(O)C(F)(F)F. The van der Waals surface area contributed by atoms with E-state index in [9.17, 15) is 18.0 Å². The van der Waals surface area contributed by atoms with Gasteiger partial charge in [-0.05, 0) is 50.7 Å². The summed E-state index contributed by atoms with van der Waals surface area (Å²) in [4.78, 5) is 25.9. The Morgan fingerprint density at radius 1 is 1.26 bits per heavy atom. The molecule has 2 aliphatic heterocycles. The number of carboxylic acid groups (broad SMARTS) is 1. The number of carbonyl (C=O) groups is 2. The highest BCUT2D eigenvalue weighted by Crippen LogP contribution is 2.30. The number of carbonyl (C=O) groups excluding carboxylic acids is 1. The van der Waals surface area contributed by atoms with Crippen LogP contribution in [0.5, 0.6) is 0 Å². The highest BCUT2D eigenvalue weighted by atomic mass is 35.5. The van der Waals surface area contributed by atoms with Gasteiger partial charge >= 0.3 is 12.1 Å². The first-order valence-corrected chi connectivity index (χ1v) is 11.0. The zero-order valence-electron chi connectivity index (χ0n) is 18.7. The molecule has 0 bridgehead atoms. The quantitative estimate of drug-likeness (QED) is 0.662. The Bertz CT molecular complexity index is 1020. The minimum atomic E-state index is -5.08. The number of aromatic nitrogens is 3. The molecule has 4 rings (SSSR count). The molecule has 0 aliphatic carbocycles. The van der Waals surface area contributed by atoms with Gasteiger partial charge in [-0.25, -0.2) is 9.48 Å². The smallest absolute Gasteiger partial charge is 0.475 e. The van der Waals surface area contributed by atoms with Crippen molar-refractivity contribution < 1.29 is 27.9 Å². The lowest BCUT2D eigenvalue weighted by Gasteiger charge is -2.33. The van der Waals surface area contributed by atoms with Gasteiger partial charge < -0.3 is 20.2 Å². The van der Waals surface area contributed by atoms with E-state index in [4.69, 9.17) is 21.5 Å². The number of nitrogens with zero attached hydrogens (tertiary/aromatic N) is 5. The fourth-order valence-corrected chi connectivity index (χ4v) is 4.13. The Kier molecular flexibility index (Phi) is 8.03. The van der Waals surface area contributed by atoms with Crippen LogP contribution >= 0.6 is 11.6 Å². The van der Waals surface area contributed by atoms with Crippen LogP contribution in [-0.2, 0) is 22.6 Å². The van der Waals surface area contributed by atoms with Crippen molar-refractivity contribution in [1.29, 1.82) is 0 Å². The van der Waals surface area contributed by atoms with E-state index in [2.05, 4.69) is 20.5 Å². The van der Waals surface area contributed by atoms with E-state index in [0.717, 1.165) is 49.4 Å². The Labute approximate surface area is 199 Å². The molecule has 0 radical (unpaired) electrons. The molecule has 9 nitrogen and oxygen atoms in total. The van der Waals surface area contributed by atoms with Crippen molar-refractivity contribution in [2.45, 2.75) is 44.1 Å². The molecule has 2 aliphatic rings. The third-order valence-electron chi connectivity index (χ3n) is 5.55. The first kappa shape index (κ1) is 25.8. The molecule has 1 aromatic carbocycles. The number of carboxylic acids is 1. The van der Waals surface area contributed by atoms with Gasteiger partial charge in [0.25, 0.3) is 0 Å². The van der Waals surface area contributed by atoms with Crippen molar-refractivity contribution in [2.75, 3.05) is 32.5 Å². The van der Waals surface area contributed by atoms with Crippen LogP contribution < -0.4 is 5.32 Å². The number of rotatable bonds is 4. The topological polar surface area (TPSA) is 104 Å². The Balaban J connectivity index is 0.000000406. The van der Waals surface area contributed by atoms with Crippen LogP contribution in [0, 0.1) is 0 Å². The average Bonchev–Trinajstić information content (AvgIpc) is 3.39. The monoisotopic (exact) mass is 502 g/mol. The van der Waals surface area contributed by atoms with Crippen LogP contribution in [0.2, 0.25) is 5.02 Å². The van der Waals surface area contributed by atoms with Crippen molar-refractivity contribution in [3.05, 3.63) is 40.7 Å². The second kappa shape index (κ2) is 10.6. The minimum absolute atomic E-state index is 0.174. The number of likely N-dealkylation sites (tertiary alicyclic amines) is 1. The number of amides is 1. The molecule has 1 unspecified atom stereocenters. The van der Waals surface area contributed by atoms with Crippen molar-refractivity contribution in [3.8, 4) is 0 Å². The third-order valence-corrected chi connectivity index (χ3v) is 5.78. The predicted octanol–water partition coefficient (Wildman–Crippen LogP) is 2.83. The van der Waals surface area contributed by atoms with Crippen molar-refractivity contribution in [1.82, 2.24) is 24.8 Å². The number of aliphatic carboxylic acids is 1. The second-order valence-electron chi connectivity index (χ2n) is 8.49. The van der Waals surface area contributed by atoms with Crippen LogP contribution in [0.1, 0.15) is 30.1 Å². The van der Waals surface area contributed by atoms with E-state index < -0.39 is 12.1 Å². The maximum atomic E-state index is 12.9. The number of alkyl halides is 3. The van der Waals surface area contributed by atoms with E-state index >= 15 is 0 Å². The number of hydrogen-bond acceptors (Lipinski definition) is 6. The number of hydrogen-bond donors (Lipinski definition) is 2. The lowest BCUT2D eigenvalue weighted by Crippen LogP contribution is -2.46. The maximum absolute atomic E-state index is 12.9. The Hall–Kier alpha value is -2.86. The van der Waals surface area contributed by atoms with Gasteiger partial charge in [0.2, 0.25) is 5.91 Å². The summed E-state index contributed by atoms with van der Waals surface area (Å²) in [5, 5.41) is 19.7. The normalized spacial score (nSPS) is 18.2. The van der Waals surface area contributed by atoms with Gasteiger partial charge in [-0.3, -0.25) is 4.79 Å². The largest absolute Gasteiger partial charge is 0.490 e. The summed E-state index contributed by atoms with van der Waals surface area (Å²) in [6, 6.07) is 5.87. The lowest BCUT2D eigenvalue weighted by atomic mass is 10.0. The Morgan fingerprint density at radius 3 is 2.50 bits per heavy atom. The van der Waals surface area contributed by atoms with E-state index in [1.165, 1.54) is 0 Å². The molecule has 2 aromatic rings. The highest BCUT2D eigenvalue weighted by Gasteiger charge is 2.38. The molecule has 0 saturated carbocycles. The number of benzene rings is 1. The second-order valence-corrected chi connectivity index (χ2v) is 8.93. The molecule has 1 amide bonds. The van der Waals surface area contributed by atoms with E-state index in [-0.39, 0.29) is 11.9 Å². The summed E-state index contributed by atoms with van der Waals surface area (Å²) in [6.07, 6.45) is -0.545. The predicted molar refractivity (Wildman–Crippen MR) is 119 cm³/mol. The summed E-state index contributed by atoms with van der Waals surface area (Å²) in [6.45, 7) is 2.29. The number of anilines is 1. The molecular weight excluding hydrogens is 477 g/mol. The summed E-state index contributed by atoms with van der Waals surface area (Å²) < 4.78 is 33.7. The minimum Gasteiger partial charge on any atom is -0.475 e. The average molecular weight is 503 g/mol. The number of halogens is 4. The molecule has 1 fully saturated rings. The van der Waals surface area contributed by atoms with Gasteiger partial charge in [0.15, 0.2) is 0 Å². The maximum Gasteiger partial charge on any atom is 0.490 e. The highest BCUT2D eigenvalue weighted by molar-refractivity contribution is 6.30. The summed E-state index contributed by atoms with van der Waals surface area (Å²) >= 11 is 6.06. The first-order chi connectivity index (χ1) is 15.9. The van der Waals surface area contributed by atoms with Gasteiger partial charge in [0.1, 0.15) is 6.04 Å². The number of fused-ring (bicyclic) bond motifs is 1. The molecule has 186 valence electrons. The summed E-state index contributed by atoms with van der Waals surface area (Å²) in [7, 11) is 4.04. The molecule has 34 heavy (non-hydrogen) atoms. The van der Waals surface area contributed by atoms with E-state index in [1.54, 1.807) is 0 Å². The van der Waals surface area contributed by atoms with Gasteiger partial charge in [0, 0.05) is 36.8 Å². The van der Waals surface area contributed by atoms with Gasteiger partial charge in [-0.2, -0.15) is 13.2 Å². The molecule has 1 saturated heterocycles. The van der Waals surface area contributed by atoms with Crippen molar-refractivity contribution in [2.24, 2.45) is 0 Å². The van der Waals surface area contributed by atoms with E-state index in [1.807, 2.05) is 48.1 Å². The van der Waals surface area contributed by atoms with Crippen LogP contribution in [0.3, 0.4) is 0 Å². The summed E-state index contributed by atoms with van der Waals surface area (Å²) in [5.74, 6) is -2.58. The fraction of sp³-hybridized carbons (Fsp3) is 0.524. The molecule has 2 N–H and O–H groups in total. The Morgan fingerprint density at radius 2 is 1.91 bits per heavy atom. The van der Waals surface area contributed by atoms with Crippen LogP contribution in [0.25, 0.3) is 0 Å². The molecule has 3 heterocycles. The zero-order chi connectivity index (χ0) is 25.0. The zero-order valence-corrected chi connectivity index (χ0v) is 19.5. The van der Waals surface area contributed by atoms with Crippen LogP contribution in [-0.4, -0.2) is 81.2 Å². The van der Waals surface area contributed by atoms with E-state index in [0.29, 0.717) is 17.5 Å². The van der Waals surface area contributed by atoms with Crippen molar-refractivity contribution in [3.63, 3.8) is 0 Å². The van der Waals surface area contributed by atoms with Gasteiger partial charge in [-0.15, -0.1) is 5.10 Å². The molecule has 0 spiro atoms. The van der Waals surface area contributed by atoms with Crippen LogP contribution in [0.4, 0.5) is 18.9 Å². The fourth-order valence-electron chi connectivity index (χ4n) is 3.94. The molecular formula is C21H26ClF3N6O3. The first-order valence-electron chi connectivity index (χ1n) is 10.6. The standard InChI is InChI=1S/C19H25ClN6O.C2HF3O2/c1-24(2)11-15-12-26(23-22-15)16-5-7-25(8-6-16)19(27)18-10-13-9-14(20)3-4-17(13)21-18;3-2(4,5)1(6)7/h3-4,9,12,16,18,21H,5-8,10-11H2,1-2H3;(H,6,7).